The largest absolute Gasteiger partial charge is 0.573 e. The molecule has 5 nitrogen and oxygen atoms in total. The highest BCUT2D eigenvalue weighted by molar-refractivity contribution is 9.08. The SMILES string of the molecule is Cc1c(OC(F)(F)F)cc([N+](=O)[O-])nc1CBr. The van der Waals surface area contributed by atoms with Gasteiger partial charge in [0, 0.05) is 5.56 Å². The summed E-state index contributed by atoms with van der Waals surface area (Å²) in [5.41, 5.74) is 0.225. The summed E-state index contributed by atoms with van der Waals surface area (Å²) in [6, 6.07) is 0.648. The molecule has 0 aliphatic heterocycles. The fourth-order valence-corrected chi connectivity index (χ4v) is 1.62. The third-order valence-corrected chi connectivity index (χ3v) is 2.38. The van der Waals surface area contributed by atoms with Crippen LogP contribution >= 0.6 is 15.9 Å². The normalized spacial score (nSPS) is 11.4. The van der Waals surface area contributed by atoms with Crippen LogP contribution in [0.5, 0.6) is 5.75 Å². The van der Waals surface area contributed by atoms with Crippen LogP contribution in [0.4, 0.5) is 19.0 Å². The highest BCUT2D eigenvalue weighted by Gasteiger charge is 2.33. The first-order chi connectivity index (χ1) is 7.74. The molecule has 0 aliphatic carbocycles. The number of pyridine rings is 1. The molecule has 0 amide bonds. The van der Waals surface area contributed by atoms with Crippen molar-refractivity contribution in [2.24, 2.45) is 0 Å². The summed E-state index contributed by atoms with van der Waals surface area (Å²) in [4.78, 5) is 13.2. The van der Waals surface area contributed by atoms with Gasteiger partial charge in [-0.3, -0.25) is 0 Å². The van der Waals surface area contributed by atoms with Gasteiger partial charge in [0.2, 0.25) is 0 Å². The molecule has 0 bridgehead atoms. The number of aromatic nitrogens is 1. The van der Waals surface area contributed by atoms with E-state index in [-0.39, 0.29) is 16.6 Å². The van der Waals surface area contributed by atoms with Crippen molar-refractivity contribution in [1.29, 1.82) is 0 Å². The minimum absolute atomic E-state index is 0.0920. The lowest BCUT2D eigenvalue weighted by atomic mass is 10.2. The molecule has 0 saturated heterocycles. The molecular weight excluding hydrogens is 309 g/mol. The molecule has 1 aromatic heterocycles. The first-order valence-electron chi connectivity index (χ1n) is 4.21. The molecule has 1 aromatic rings. The number of halogens is 4. The van der Waals surface area contributed by atoms with Gasteiger partial charge in [-0.2, -0.15) is 0 Å². The number of nitro groups is 1. The number of rotatable bonds is 3. The Kier molecular flexibility index (Phi) is 3.91. The van der Waals surface area contributed by atoms with Gasteiger partial charge in [-0.25, -0.2) is 0 Å². The quantitative estimate of drug-likeness (QED) is 0.488. The molecule has 17 heavy (non-hydrogen) atoms. The van der Waals surface area contributed by atoms with Crippen molar-refractivity contribution >= 4 is 21.7 Å². The van der Waals surface area contributed by atoms with Crippen molar-refractivity contribution < 1.29 is 22.8 Å². The number of hydrogen-bond donors (Lipinski definition) is 0. The first-order valence-corrected chi connectivity index (χ1v) is 5.33. The molecule has 1 heterocycles. The summed E-state index contributed by atoms with van der Waals surface area (Å²) in [6.45, 7) is 1.34. The van der Waals surface area contributed by atoms with Crippen molar-refractivity contribution in [1.82, 2.24) is 4.98 Å². The average Bonchev–Trinajstić information content (AvgIpc) is 2.18. The van der Waals surface area contributed by atoms with Crippen LogP contribution in [-0.4, -0.2) is 16.3 Å². The van der Waals surface area contributed by atoms with Gasteiger partial charge in [0.1, 0.15) is 5.75 Å². The number of alkyl halides is 4. The van der Waals surface area contributed by atoms with E-state index >= 15 is 0 Å². The molecule has 0 aromatic carbocycles. The minimum atomic E-state index is -4.90. The second-order valence-corrected chi connectivity index (χ2v) is 3.55. The highest BCUT2D eigenvalue weighted by atomic mass is 79.9. The zero-order valence-corrected chi connectivity index (χ0v) is 10.0. The Hall–Kier alpha value is -1.38. The maximum Gasteiger partial charge on any atom is 0.573 e. The van der Waals surface area contributed by atoms with Gasteiger partial charge >= 0.3 is 12.2 Å². The average molecular weight is 315 g/mol. The maximum absolute atomic E-state index is 12.1. The molecule has 1 rings (SSSR count). The molecule has 0 aliphatic rings. The Bertz CT molecular complexity index is 450. The van der Waals surface area contributed by atoms with E-state index in [9.17, 15) is 23.3 Å². The summed E-state index contributed by atoms with van der Waals surface area (Å²) >= 11 is 2.98. The van der Waals surface area contributed by atoms with Gasteiger partial charge in [-0.15, -0.1) is 13.2 Å². The minimum Gasteiger partial charge on any atom is -0.405 e. The van der Waals surface area contributed by atoms with Gasteiger partial charge in [-0.1, -0.05) is 15.9 Å². The topological polar surface area (TPSA) is 65.3 Å². The lowest BCUT2D eigenvalue weighted by molar-refractivity contribution is -0.389. The lowest BCUT2D eigenvalue weighted by Gasteiger charge is -2.11. The highest BCUT2D eigenvalue weighted by Crippen LogP contribution is 2.31. The van der Waals surface area contributed by atoms with Crippen LogP contribution in [0.25, 0.3) is 0 Å². The van der Waals surface area contributed by atoms with Gasteiger partial charge < -0.3 is 14.9 Å². The van der Waals surface area contributed by atoms with Gasteiger partial charge in [-0.05, 0) is 16.8 Å². The fraction of sp³-hybridized carbons (Fsp3) is 0.375. The van der Waals surface area contributed by atoms with Crippen molar-refractivity contribution in [3.63, 3.8) is 0 Å². The van der Waals surface area contributed by atoms with Crippen LogP contribution in [0, 0.1) is 17.0 Å². The molecule has 0 unspecified atom stereocenters. The second kappa shape index (κ2) is 4.86. The van der Waals surface area contributed by atoms with Crippen LogP contribution < -0.4 is 4.74 Å². The van der Waals surface area contributed by atoms with Crippen molar-refractivity contribution in [3.05, 3.63) is 27.4 Å². The molecule has 0 spiro atoms. The predicted octanol–water partition coefficient (Wildman–Crippen LogP) is 3.09. The van der Waals surface area contributed by atoms with Gasteiger partial charge in [0.15, 0.2) is 5.69 Å². The van der Waals surface area contributed by atoms with Crippen LogP contribution in [0.2, 0.25) is 0 Å². The molecule has 0 radical (unpaired) electrons. The lowest BCUT2D eigenvalue weighted by Crippen LogP contribution is -2.18. The smallest absolute Gasteiger partial charge is 0.405 e. The Labute approximate surface area is 102 Å². The van der Waals surface area contributed by atoms with E-state index in [0.717, 1.165) is 0 Å². The van der Waals surface area contributed by atoms with Gasteiger partial charge in [0.25, 0.3) is 0 Å². The summed E-state index contributed by atoms with van der Waals surface area (Å²) in [6.07, 6.45) is -4.90. The molecule has 0 N–H and O–H groups in total. The zero-order valence-electron chi connectivity index (χ0n) is 8.42. The van der Waals surface area contributed by atoms with E-state index in [1.54, 1.807) is 0 Å². The van der Waals surface area contributed by atoms with Crippen LogP contribution in [-0.2, 0) is 5.33 Å². The summed E-state index contributed by atoms with van der Waals surface area (Å²) in [7, 11) is 0. The Balaban J connectivity index is 3.28. The van der Waals surface area contributed by atoms with E-state index < -0.39 is 22.9 Å². The van der Waals surface area contributed by atoms with Crippen molar-refractivity contribution in [2.45, 2.75) is 18.6 Å². The second-order valence-electron chi connectivity index (χ2n) is 2.99. The van der Waals surface area contributed by atoms with Gasteiger partial charge in [0.05, 0.1) is 11.4 Å². The van der Waals surface area contributed by atoms with E-state index in [0.29, 0.717) is 6.07 Å². The summed E-state index contributed by atoms with van der Waals surface area (Å²) in [5, 5.41) is 10.6. The van der Waals surface area contributed by atoms with E-state index in [1.165, 1.54) is 6.92 Å². The van der Waals surface area contributed by atoms with E-state index in [2.05, 4.69) is 25.7 Å². The number of hydrogen-bond acceptors (Lipinski definition) is 4. The Morgan fingerprint density at radius 3 is 2.59 bits per heavy atom. The molecule has 0 fully saturated rings. The van der Waals surface area contributed by atoms with Crippen molar-refractivity contribution in [3.8, 4) is 5.75 Å². The summed E-state index contributed by atoms with van der Waals surface area (Å²) in [5.74, 6) is -1.31. The zero-order chi connectivity index (χ0) is 13.2. The van der Waals surface area contributed by atoms with Crippen LogP contribution in [0.3, 0.4) is 0 Å². The van der Waals surface area contributed by atoms with Crippen LogP contribution in [0.1, 0.15) is 11.3 Å². The Morgan fingerprint density at radius 1 is 1.59 bits per heavy atom. The fourth-order valence-electron chi connectivity index (χ4n) is 1.08. The number of ether oxygens (including phenoxy) is 1. The van der Waals surface area contributed by atoms with E-state index in [1.807, 2.05) is 0 Å². The summed E-state index contributed by atoms with van der Waals surface area (Å²) < 4.78 is 39.9. The third kappa shape index (κ3) is 3.55. The first kappa shape index (κ1) is 13.7. The standard InChI is InChI=1S/C8H6BrF3N2O3/c1-4-5(3-9)13-7(14(15)16)2-6(4)17-8(10,11)12/h2H,3H2,1H3. The number of nitrogens with zero attached hydrogens (tertiary/aromatic N) is 2. The molecule has 0 saturated carbocycles. The molecule has 94 valence electrons. The predicted molar refractivity (Wildman–Crippen MR) is 54.9 cm³/mol. The molecular formula is C8H6BrF3N2O3. The van der Waals surface area contributed by atoms with Crippen LogP contribution in [0.15, 0.2) is 6.07 Å². The molecule has 0 atom stereocenters. The third-order valence-electron chi connectivity index (χ3n) is 1.85. The van der Waals surface area contributed by atoms with E-state index in [4.69, 9.17) is 0 Å². The monoisotopic (exact) mass is 314 g/mol. The van der Waals surface area contributed by atoms with Crippen molar-refractivity contribution in [2.75, 3.05) is 0 Å². The molecule has 9 heteroatoms. The maximum atomic E-state index is 12.1. The Morgan fingerprint density at radius 2 is 2.18 bits per heavy atom.